The van der Waals surface area contributed by atoms with Crippen molar-refractivity contribution in [1.29, 1.82) is 0 Å². The lowest BCUT2D eigenvalue weighted by Gasteiger charge is -2.00. The lowest BCUT2D eigenvalue weighted by atomic mass is 10.1. The number of furan rings is 1. The number of hydrogen-bond acceptors (Lipinski definition) is 6. The van der Waals surface area contributed by atoms with E-state index >= 15 is 0 Å². The smallest absolute Gasteiger partial charge is 0.231 e. The van der Waals surface area contributed by atoms with E-state index in [1.54, 1.807) is 20.5 Å². The van der Waals surface area contributed by atoms with E-state index in [1.807, 2.05) is 25.1 Å². The monoisotopic (exact) mass is 288 g/mol. The van der Waals surface area contributed by atoms with E-state index in [2.05, 4.69) is 10.1 Å². The van der Waals surface area contributed by atoms with Gasteiger partial charge in [0.1, 0.15) is 17.4 Å². The van der Waals surface area contributed by atoms with Crippen LogP contribution in [0.3, 0.4) is 0 Å². The maximum atomic E-state index is 5.54. The predicted molar refractivity (Wildman–Crippen MR) is 75.3 cm³/mol. The Bertz CT molecular complexity index is 747. The third kappa shape index (κ3) is 2.62. The van der Waals surface area contributed by atoms with Gasteiger partial charge in [0.2, 0.25) is 5.89 Å². The van der Waals surface area contributed by atoms with E-state index in [4.69, 9.17) is 18.4 Å². The van der Waals surface area contributed by atoms with Crippen LogP contribution in [0.1, 0.15) is 30.3 Å². The van der Waals surface area contributed by atoms with Crippen molar-refractivity contribution in [2.24, 2.45) is 0 Å². The maximum Gasteiger partial charge on any atom is 0.231 e. The van der Waals surface area contributed by atoms with Crippen LogP contribution in [0.2, 0.25) is 0 Å². The largest absolute Gasteiger partial charge is 0.497 e. The lowest BCUT2D eigenvalue weighted by Crippen LogP contribution is -1.98. The summed E-state index contributed by atoms with van der Waals surface area (Å²) in [6, 6.07) is 5.71. The van der Waals surface area contributed by atoms with Gasteiger partial charge >= 0.3 is 0 Å². The van der Waals surface area contributed by atoms with Crippen molar-refractivity contribution in [1.82, 2.24) is 10.1 Å². The highest BCUT2D eigenvalue weighted by Crippen LogP contribution is 2.27. The third-order valence-corrected chi connectivity index (χ3v) is 3.41. The van der Waals surface area contributed by atoms with Gasteiger partial charge in [-0.25, -0.2) is 0 Å². The van der Waals surface area contributed by atoms with Crippen LogP contribution in [-0.4, -0.2) is 24.4 Å². The molecule has 6 nitrogen and oxygen atoms in total. The molecule has 1 atom stereocenters. The quantitative estimate of drug-likeness (QED) is 0.718. The summed E-state index contributed by atoms with van der Waals surface area (Å²) in [6.07, 6.45) is 2.03. The molecule has 2 aromatic heterocycles. The van der Waals surface area contributed by atoms with Gasteiger partial charge < -0.3 is 18.4 Å². The minimum absolute atomic E-state index is 0.187. The SMILES string of the molecule is COc1ccc2c(Cc3nc([C@H](C)OC)no3)coc2c1. The summed E-state index contributed by atoms with van der Waals surface area (Å²) in [5.41, 5.74) is 1.77. The first-order valence-corrected chi connectivity index (χ1v) is 6.60. The van der Waals surface area contributed by atoms with Crippen molar-refractivity contribution >= 4 is 11.0 Å². The molecule has 0 aliphatic rings. The molecule has 0 aliphatic carbocycles. The summed E-state index contributed by atoms with van der Waals surface area (Å²) in [5, 5.41) is 4.92. The Morgan fingerprint density at radius 1 is 1.29 bits per heavy atom. The Labute approximate surface area is 121 Å². The number of rotatable bonds is 5. The third-order valence-electron chi connectivity index (χ3n) is 3.41. The highest BCUT2D eigenvalue weighted by Gasteiger charge is 2.15. The van der Waals surface area contributed by atoms with E-state index in [0.717, 1.165) is 22.3 Å². The fourth-order valence-corrected chi connectivity index (χ4v) is 2.10. The second-order valence-electron chi connectivity index (χ2n) is 4.72. The summed E-state index contributed by atoms with van der Waals surface area (Å²) in [5.74, 6) is 1.84. The van der Waals surface area contributed by atoms with Crippen LogP contribution in [0.5, 0.6) is 5.75 Å². The molecule has 6 heteroatoms. The van der Waals surface area contributed by atoms with Gasteiger partial charge in [-0.05, 0) is 19.1 Å². The molecule has 3 rings (SSSR count). The van der Waals surface area contributed by atoms with Crippen LogP contribution in [0.15, 0.2) is 33.4 Å². The van der Waals surface area contributed by atoms with Gasteiger partial charge in [-0.15, -0.1) is 0 Å². The van der Waals surface area contributed by atoms with Crippen LogP contribution >= 0.6 is 0 Å². The lowest BCUT2D eigenvalue weighted by molar-refractivity contribution is 0.109. The summed E-state index contributed by atoms with van der Waals surface area (Å²) < 4.78 is 21.1. The standard InChI is InChI=1S/C15H16N2O4/c1-9(18-2)15-16-14(21-17-15)6-10-8-20-13-7-11(19-3)4-5-12(10)13/h4-5,7-9H,6H2,1-3H3/t9-/m0/s1. The Hall–Kier alpha value is -2.34. The molecule has 110 valence electrons. The topological polar surface area (TPSA) is 70.5 Å². The van der Waals surface area contributed by atoms with Crippen molar-refractivity contribution in [3.63, 3.8) is 0 Å². The van der Waals surface area contributed by atoms with Crippen molar-refractivity contribution in [2.75, 3.05) is 14.2 Å². The van der Waals surface area contributed by atoms with Crippen molar-refractivity contribution < 1.29 is 18.4 Å². The molecule has 0 saturated carbocycles. The summed E-state index contributed by atoms with van der Waals surface area (Å²) in [7, 11) is 3.24. The fraction of sp³-hybridized carbons (Fsp3) is 0.333. The molecule has 0 bridgehead atoms. The average molecular weight is 288 g/mol. The van der Waals surface area contributed by atoms with Crippen LogP contribution in [0, 0.1) is 0 Å². The van der Waals surface area contributed by atoms with Gasteiger partial charge in [-0.2, -0.15) is 4.98 Å². The molecule has 0 N–H and O–H groups in total. The molecule has 0 spiro atoms. The first-order chi connectivity index (χ1) is 10.2. The molecule has 0 radical (unpaired) electrons. The minimum Gasteiger partial charge on any atom is -0.497 e. The predicted octanol–water partition coefficient (Wildman–Crippen LogP) is 3.12. The Balaban J connectivity index is 1.86. The summed E-state index contributed by atoms with van der Waals surface area (Å²) >= 11 is 0. The molecule has 0 saturated heterocycles. The zero-order valence-electron chi connectivity index (χ0n) is 12.1. The molecule has 0 aliphatic heterocycles. The number of nitrogens with zero attached hydrogens (tertiary/aromatic N) is 2. The number of benzene rings is 1. The van der Waals surface area contributed by atoms with Crippen molar-refractivity contribution in [2.45, 2.75) is 19.4 Å². The second-order valence-corrected chi connectivity index (χ2v) is 4.72. The van der Waals surface area contributed by atoms with Crippen LogP contribution in [0.25, 0.3) is 11.0 Å². The molecular formula is C15H16N2O4. The van der Waals surface area contributed by atoms with E-state index in [-0.39, 0.29) is 6.10 Å². The number of hydrogen-bond donors (Lipinski definition) is 0. The van der Waals surface area contributed by atoms with Gasteiger partial charge in [0.05, 0.1) is 19.8 Å². The Kier molecular flexibility index (Phi) is 3.62. The van der Waals surface area contributed by atoms with Gasteiger partial charge in [0.15, 0.2) is 5.82 Å². The second kappa shape index (κ2) is 5.57. The number of ether oxygens (including phenoxy) is 2. The number of aromatic nitrogens is 2. The highest BCUT2D eigenvalue weighted by atomic mass is 16.5. The van der Waals surface area contributed by atoms with E-state index in [1.165, 1.54) is 0 Å². The first kappa shape index (κ1) is 13.6. The van der Waals surface area contributed by atoms with Gasteiger partial charge in [-0.3, -0.25) is 0 Å². The zero-order valence-corrected chi connectivity index (χ0v) is 12.1. The number of fused-ring (bicyclic) bond motifs is 1. The van der Waals surface area contributed by atoms with Crippen LogP contribution in [0.4, 0.5) is 0 Å². The normalized spacial score (nSPS) is 12.7. The molecular weight excluding hydrogens is 272 g/mol. The van der Waals surface area contributed by atoms with E-state index in [0.29, 0.717) is 18.1 Å². The van der Waals surface area contributed by atoms with Gasteiger partial charge in [0.25, 0.3) is 0 Å². The molecule has 3 aromatic rings. The summed E-state index contributed by atoms with van der Waals surface area (Å²) in [6.45, 7) is 1.87. The average Bonchev–Trinajstić information content (AvgIpc) is 3.14. The Morgan fingerprint density at radius 2 is 2.14 bits per heavy atom. The molecule has 1 aromatic carbocycles. The molecule has 21 heavy (non-hydrogen) atoms. The minimum atomic E-state index is -0.187. The number of methoxy groups -OCH3 is 2. The first-order valence-electron chi connectivity index (χ1n) is 6.60. The van der Waals surface area contributed by atoms with E-state index in [9.17, 15) is 0 Å². The zero-order chi connectivity index (χ0) is 14.8. The summed E-state index contributed by atoms with van der Waals surface area (Å²) in [4.78, 5) is 4.33. The molecule has 0 unspecified atom stereocenters. The van der Waals surface area contributed by atoms with Crippen LogP contribution in [-0.2, 0) is 11.2 Å². The van der Waals surface area contributed by atoms with E-state index < -0.39 is 0 Å². The van der Waals surface area contributed by atoms with Crippen molar-refractivity contribution in [3.8, 4) is 5.75 Å². The molecule has 0 amide bonds. The van der Waals surface area contributed by atoms with Gasteiger partial charge in [-0.1, -0.05) is 5.16 Å². The van der Waals surface area contributed by atoms with Gasteiger partial charge in [0, 0.05) is 24.1 Å². The highest BCUT2D eigenvalue weighted by molar-refractivity contribution is 5.82. The molecule has 0 fully saturated rings. The molecule has 2 heterocycles. The fourth-order valence-electron chi connectivity index (χ4n) is 2.10. The van der Waals surface area contributed by atoms with Crippen molar-refractivity contribution in [3.05, 3.63) is 41.7 Å². The van der Waals surface area contributed by atoms with Crippen LogP contribution < -0.4 is 4.74 Å². The maximum absolute atomic E-state index is 5.54. The Morgan fingerprint density at radius 3 is 2.90 bits per heavy atom.